The number of aliphatic imine (C=N–C) groups is 1. The lowest BCUT2D eigenvalue weighted by atomic mass is 10.2. The first-order valence-corrected chi connectivity index (χ1v) is 9.49. The lowest BCUT2D eigenvalue weighted by molar-refractivity contribution is -0.112. The minimum Gasteiger partial charge on any atom is -0.319 e. The molecule has 1 atom stereocenters. The van der Waals surface area contributed by atoms with E-state index in [1.54, 1.807) is 43.3 Å². The first-order valence-electron chi connectivity index (χ1n) is 7.98. The second-order valence-electron chi connectivity index (χ2n) is 5.52. The molecule has 7 heteroatoms. The maximum absolute atomic E-state index is 12.8. The minimum atomic E-state index is -3.64. The monoisotopic (exact) mass is 371 g/mol. The van der Waals surface area contributed by atoms with E-state index in [1.165, 1.54) is 24.5 Å². The third kappa shape index (κ3) is 4.37. The van der Waals surface area contributed by atoms with Crippen molar-refractivity contribution >= 4 is 28.3 Å². The summed E-state index contributed by atoms with van der Waals surface area (Å²) >= 11 is 0. The van der Waals surface area contributed by atoms with Gasteiger partial charge in [-0.3, -0.25) is 13.8 Å². The lowest BCUT2D eigenvalue weighted by Crippen LogP contribution is -2.18. The summed E-state index contributed by atoms with van der Waals surface area (Å²) in [6.07, 6.45) is 7.71. The van der Waals surface area contributed by atoms with E-state index in [0.717, 1.165) is 3.97 Å². The molecular formula is C19H21N3O3S. The molecule has 2 rings (SSSR count). The number of rotatable bonds is 7. The molecule has 0 spiro atoms. The number of anilines is 1. The predicted molar refractivity (Wildman–Crippen MR) is 105 cm³/mol. The van der Waals surface area contributed by atoms with Crippen LogP contribution in [0.15, 0.2) is 77.7 Å². The van der Waals surface area contributed by atoms with E-state index in [1.807, 2.05) is 13.0 Å². The van der Waals surface area contributed by atoms with Crippen LogP contribution in [0.3, 0.4) is 0 Å². The molecule has 0 aliphatic carbocycles. The van der Waals surface area contributed by atoms with Gasteiger partial charge in [-0.05, 0) is 38.3 Å². The van der Waals surface area contributed by atoms with E-state index in [-0.39, 0.29) is 5.70 Å². The van der Waals surface area contributed by atoms with Crippen molar-refractivity contribution in [2.24, 2.45) is 4.99 Å². The Morgan fingerprint density at radius 3 is 2.58 bits per heavy atom. The van der Waals surface area contributed by atoms with Gasteiger partial charge in [0.05, 0.1) is 5.69 Å². The van der Waals surface area contributed by atoms with Crippen LogP contribution in [-0.2, 0) is 14.8 Å². The van der Waals surface area contributed by atoms with E-state index in [9.17, 15) is 13.2 Å². The summed E-state index contributed by atoms with van der Waals surface area (Å²) < 4.78 is 26.6. The molecule has 0 radical (unpaired) electrons. The normalized spacial score (nSPS) is 13.5. The quantitative estimate of drug-likeness (QED) is 0.459. The Balaban J connectivity index is 2.21. The molecule has 1 aromatic heterocycles. The number of benzene rings is 1. The molecule has 1 aromatic carbocycles. The van der Waals surface area contributed by atoms with Gasteiger partial charge in [0.1, 0.15) is 10.9 Å². The predicted octanol–water partition coefficient (Wildman–Crippen LogP) is 3.53. The van der Waals surface area contributed by atoms with Crippen LogP contribution in [0, 0.1) is 0 Å². The van der Waals surface area contributed by atoms with E-state index in [2.05, 4.69) is 17.0 Å². The molecule has 0 bridgehead atoms. The highest BCUT2D eigenvalue weighted by Gasteiger charge is 2.24. The van der Waals surface area contributed by atoms with E-state index in [0.29, 0.717) is 11.3 Å². The minimum absolute atomic E-state index is 0.136. The Hall–Kier alpha value is -2.93. The van der Waals surface area contributed by atoms with Crippen LogP contribution >= 0.6 is 0 Å². The second-order valence-corrected chi connectivity index (χ2v) is 7.68. The van der Waals surface area contributed by atoms with Crippen LogP contribution in [0.5, 0.6) is 0 Å². The first kappa shape index (κ1) is 19.4. The first-order chi connectivity index (χ1) is 12.4. The molecule has 6 nitrogen and oxygen atoms in total. The zero-order valence-corrected chi connectivity index (χ0v) is 15.5. The standard InChI is InChI=1S/C19H21N3O3S/c1-4-5-11-18(20-3)19(23)21-17-12-13-22(14-17)26(24,25)15(2)16-9-7-6-8-10-16/h4-15H,3H2,1-2H3,(H,21,23). The maximum Gasteiger partial charge on any atom is 0.274 e. The summed E-state index contributed by atoms with van der Waals surface area (Å²) in [5, 5.41) is 1.89. The van der Waals surface area contributed by atoms with Crippen LogP contribution in [0.1, 0.15) is 24.7 Å². The van der Waals surface area contributed by atoms with Crippen molar-refractivity contribution < 1.29 is 13.2 Å². The van der Waals surface area contributed by atoms with Crippen LogP contribution in [0.25, 0.3) is 0 Å². The molecule has 0 saturated heterocycles. The summed E-state index contributed by atoms with van der Waals surface area (Å²) in [5.41, 5.74) is 1.18. The molecule has 1 unspecified atom stereocenters. The number of hydrogen-bond acceptors (Lipinski definition) is 4. The van der Waals surface area contributed by atoms with Crippen LogP contribution in [0.4, 0.5) is 5.69 Å². The zero-order chi connectivity index (χ0) is 19.2. The number of carbonyl (C=O) groups is 1. The fourth-order valence-corrected chi connectivity index (χ4v) is 3.63. The molecule has 26 heavy (non-hydrogen) atoms. The number of hydrogen-bond donors (Lipinski definition) is 1. The van der Waals surface area contributed by atoms with Crippen LogP contribution in [-0.4, -0.2) is 25.0 Å². The molecule has 0 aliphatic heterocycles. The summed E-state index contributed by atoms with van der Waals surface area (Å²) in [5.74, 6) is -0.468. The summed E-state index contributed by atoms with van der Waals surface area (Å²) in [6, 6.07) is 10.5. The number of aromatic nitrogens is 1. The van der Waals surface area contributed by atoms with Crippen molar-refractivity contribution in [1.29, 1.82) is 0 Å². The SMILES string of the molecule is C=NC(=CC=CC)C(=O)Nc1ccn(S(=O)(=O)C(C)c2ccccc2)c1. The summed E-state index contributed by atoms with van der Waals surface area (Å²) in [4.78, 5) is 15.8. The molecule has 1 N–H and O–H groups in total. The Labute approximate surface area is 153 Å². The fraction of sp³-hybridized carbons (Fsp3) is 0.158. The molecule has 0 fully saturated rings. The number of amides is 1. The largest absolute Gasteiger partial charge is 0.319 e. The third-order valence-corrected chi connectivity index (χ3v) is 5.76. The second kappa shape index (κ2) is 8.44. The van der Waals surface area contributed by atoms with E-state index >= 15 is 0 Å². The molecule has 1 amide bonds. The lowest BCUT2D eigenvalue weighted by Gasteiger charge is -2.14. The van der Waals surface area contributed by atoms with Gasteiger partial charge in [0, 0.05) is 12.4 Å². The van der Waals surface area contributed by atoms with E-state index in [4.69, 9.17) is 0 Å². The fourth-order valence-electron chi connectivity index (χ4n) is 2.27. The van der Waals surface area contributed by atoms with Gasteiger partial charge in [-0.2, -0.15) is 0 Å². The average molecular weight is 371 g/mol. The Kier molecular flexibility index (Phi) is 6.30. The number of nitrogens with one attached hydrogen (secondary N) is 1. The van der Waals surface area contributed by atoms with Crippen molar-refractivity contribution in [2.45, 2.75) is 19.1 Å². The van der Waals surface area contributed by atoms with Crippen molar-refractivity contribution in [3.05, 3.63) is 78.3 Å². The van der Waals surface area contributed by atoms with Crippen LogP contribution < -0.4 is 5.32 Å². The van der Waals surface area contributed by atoms with Gasteiger partial charge in [0.2, 0.25) is 10.0 Å². The Morgan fingerprint density at radius 2 is 1.96 bits per heavy atom. The Bertz CT molecular complexity index is 941. The smallest absolute Gasteiger partial charge is 0.274 e. The zero-order valence-electron chi connectivity index (χ0n) is 14.7. The van der Waals surface area contributed by atoms with Crippen molar-refractivity contribution in [2.75, 3.05) is 5.32 Å². The van der Waals surface area contributed by atoms with Crippen molar-refractivity contribution in [3.8, 4) is 0 Å². The molecule has 2 aromatic rings. The molecular weight excluding hydrogens is 350 g/mol. The van der Waals surface area contributed by atoms with Crippen molar-refractivity contribution in [3.63, 3.8) is 0 Å². The highest BCUT2D eigenvalue weighted by molar-refractivity contribution is 7.90. The van der Waals surface area contributed by atoms with Gasteiger partial charge >= 0.3 is 0 Å². The van der Waals surface area contributed by atoms with Gasteiger partial charge in [0.25, 0.3) is 5.91 Å². The Morgan fingerprint density at radius 1 is 1.27 bits per heavy atom. The van der Waals surface area contributed by atoms with Gasteiger partial charge in [-0.25, -0.2) is 8.42 Å². The molecule has 0 aliphatic rings. The van der Waals surface area contributed by atoms with Crippen LogP contribution in [0.2, 0.25) is 0 Å². The van der Waals surface area contributed by atoms with E-state index < -0.39 is 21.2 Å². The highest BCUT2D eigenvalue weighted by atomic mass is 32.2. The topological polar surface area (TPSA) is 80.5 Å². The van der Waals surface area contributed by atoms with Gasteiger partial charge in [-0.15, -0.1) is 0 Å². The number of nitrogens with zero attached hydrogens (tertiary/aromatic N) is 2. The maximum atomic E-state index is 12.8. The van der Waals surface area contributed by atoms with Gasteiger partial charge < -0.3 is 5.32 Å². The molecule has 1 heterocycles. The number of allylic oxidation sites excluding steroid dienone is 3. The molecule has 136 valence electrons. The number of carbonyl (C=O) groups excluding carboxylic acids is 1. The summed E-state index contributed by atoms with van der Waals surface area (Å²) in [7, 11) is -3.64. The third-order valence-electron chi connectivity index (χ3n) is 3.78. The molecule has 0 saturated carbocycles. The van der Waals surface area contributed by atoms with Gasteiger partial charge in [-0.1, -0.05) is 42.5 Å². The van der Waals surface area contributed by atoms with Gasteiger partial charge in [0.15, 0.2) is 0 Å². The summed E-state index contributed by atoms with van der Waals surface area (Å²) in [6.45, 7) is 6.80. The average Bonchev–Trinajstić information content (AvgIpc) is 3.11. The highest BCUT2D eigenvalue weighted by Crippen LogP contribution is 2.25. The van der Waals surface area contributed by atoms with Crippen molar-refractivity contribution in [1.82, 2.24) is 3.97 Å².